The van der Waals surface area contributed by atoms with Gasteiger partial charge in [-0.2, -0.15) is 0 Å². The van der Waals surface area contributed by atoms with Gasteiger partial charge in [0.15, 0.2) is 0 Å². The Morgan fingerprint density at radius 1 is 1.25 bits per heavy atom. The summed E-state index contributed by atoms with van der Waals surface area (Å²) in [6.07, 6.45) is 2.66. The van der Waals surface area contributed by atoms with Gasteiger partial charge in [-0.15, -0.1) is 0 Å². The largest absolute Gasteiger partial charge is 0.488 e. The fourth-order valence-corrected chi connectivity index (χ4v) is 2.97. The van der Waals surface area contributed by atoms with Crippen LogP contribution in [-0.4, -0.2) is 41.3 Å². The number of ether oxygens (including phenoxy) is 1. The number of aliphatic hydroxyl groups excluding tert-OH is 1. The molecule has 2 rings (SSSR count). The number of rotatable bonds is 4. The molecule has 1 aromatic rings. The van der Waals surface area contributed by atoms with Gasteiger partial charge in [0.25, 0.3) is 0 Å². The lowest BCUT2D eigenvalue weighted by Crippen LogP contribution is -2.46. The van der Waals surface area contributed by atoms with Gasteiger partial charge in [0.1, 0.15) is 11.4 Å². The van der Waals surface area contributed by atoms with Gasteiger partial charge in [0.05, 0.1) is 0 Å². The molecule has 1 fully saturated rings. The highest BCUT2D eigenvalue weighted by atomic mass is 16.5. The van der Waals surface area contributed by atoms with Gasteiger partial charge in [-0.1, -0.05) is 6.92 Å². The van der Waals surface area contributed by atoms with Crippen molar-refractivity contribution >= 4 is 11.7 Å². The molecule has 1 aliphatic rings. The summed E-state index contributed by atoms with van der Waals surface area (Å²) >= 11 is 0. The van der Waals surface area contributed by atoms with Crippen molar-refractivity contribution in [3.8, 4) is 5.75 Å². The van der Waals surface area contributed by atoms with Crippen molar-refractivity contribution in [2.45, 2.75) is 52.6 Å². The molecule has 1 saturated heterocycles. The van der Waals surface area contributed by atoms with E-state index in [1.165, 1.54) is 0 Å². The van der Waals surface area contributed by atoms with E-state index in [0.29, 0.717) is 13.1 Å². The number of likely N-dealkylation sites (tertiary alicyclic amines) is 1. The first kappa shape index (κ1) is 18.6. The molecule has 5 nitrogen and oxygen atoms in total. The Hall–Kier alpha value is -1.75. The number of nitrogens with one attached hydrogen (secondary N) is 1. The third kappa shape index (κ3) is 4.87. The Labute approximate surface area is 145 Å². The minimum Gasteiger partial charge on any atom is -0.488 e. The second kappa shape index (κ2) is 7.43. The number of nitrogens with zero attached hydrogens (tertiary/aromatic N) is 1. The van der Waals surface area contributed by atoms with Crippen molar-refractivity contribution in [2.75, 3.05) is 25.0 Å². The molecule has 0 unspecified atom stereocenters. The fourth-order valence-electron chi connectivity index (χ4n) is 2.97. The summed E-state index contributed by atoms with van der Waals surface area (Å²) in [6.45, 7) is 9.68. The molecule has 0 atom stereocenters. The predicted molar refractivity (Wildman–Crippen MR) is 96.5 cm³/mol. The van der Waals surface area contributed by atoms with E-state index in [0.717, 1.165) is 30.7 Å². The average molecular weight is 334 g/mol. The number of hydrogen-bond donors (Lipinski definition) is 2. The minimum atomic E-state index is -0.239. The summed E-state index contributed by atoms with van der Waals surface area (Å²) in [7, 11) is 0. The molecule has 2 amide bonds. The first-order chi connectivity index (χ1) is 11.3. The first-order valence-electron chi connectivity index (χ1n) is 8.73. The zero-order valence-electron chi connectivity index (χ0n) is 15.3. The molecular formula is C19H30N2O3. The van der Waals surface area contributed by atoms with Crippen LogP contribution in [0.25, 0.3) is 0 Å². The Bertz CT molecular complexity index is 535. The van der Waals surface area contributed by atoms with E-state index < -0.39 is 0 Å². The summed E-state index contributed by atoms with van der Waals surface area (Å²) in [5.74, 6) is 0.786. The highest BCUT2D eigenvalue weighted by Gasteiger charge is 2.33. The highest BCUT2D eigenvalue weighted by molar-refractivity contribution is 5.89. The maximum Gasteiger partial charge on any atom is 0.321 e. The van der Waals surface area contributed by atoms with E-state index in [2.05, 4.69) is 12.2 Å². The number of piperidine rings is 1. The summed E-state index contributed by atoms with van der Waals surface area (Å²) < 4.78 is 5.78. The maximum absolute atomic E-state index is 12.4. The van der Waals surface area contributed by atoms with Crippen molar-refractivity contribution in [1.82, 2.24) is 4.90 Å². The van der Waals surface area contributed by atoms with E-state index in [9.17, 15) is 9.90 Å². The number of urea groups is 1. The van der Waals surface area contributed by atoms with Crippen LogP contribution in [-0.2, 0) is 0 Å². The minimum absolute atomic E-state index is 0.0112. The molecule has 0 aliphatic carbocycles. The van der Waals surface area contributed by atoms with Crippen LogP contribution < -0.4 is 10.1 Å². The maximum atomic E-state index is 12.4. The van der Waals surface area contributed by atoms with Crippen LogP contribution in [0.4, 0.5) is 10.5 Å². The number of anilines is 1. The quantitative estimate of drug-likeness (QED) is 0.878. The number of benzene rings is 1. The molecule has 0 spiro atoms. The third-order valence-electron chi connectivity index (χ3n) is 4.73. The Kier molecular flexibility index (Phi) is 5.75. The van der Waals surface area contributed by atoms with Crippen molar-refractivity contribution in [3.05, 3.63) is 24.3 Å². The lowest BCUT2D eigenvalue weighted by Gasteiger charge is -2.40. The summed E-state index contributed by atoms with van der Waals surface area (Å²) in [5.41, 5.74) is 0.510. The number of hydrogen-bond acceptors (Lipinski definition) is 3. The molecule has 0 saturated carbocycles. The summed E-state index contributed by atoms with van der Waals surface area (Å²) in [4.78, 5) is 14.2. The van der Waals surface area contributed by atoms with Gasteiger partial charge in [-0.3, -0.25) is 0 Å². The Balaban J connectivity index is 1.89. The number of amides is 2. The molecule has 134 valence electrons. The first-order valence-corrected chi connectivity index (χ1v) is 8.73. The molecule has 2 N–H and O–H groups in total. The van der Waals surface area contributed by atoms with Gasteiger partial charge in [0, 0.05) is 25.4 Å². The van der Waals surface area contributed by atoms with E-state index in [4.69, 9.17) is 4.74 Å². The molecule has 5 heteroatoms. The predicted octanol–water partition coefficient (Wildman–Crippen LogP) is 3.88. The Morgan fingerprint density at radius 2 is 1.83 bits per heavy atom. The summed E-state index contributed by atoms with van der Waals surface area (Å²) in [6, 6.07) is 7.36. The van der Waals surface area contributed by atoms with Crippen LogP contribution in [0.1, 0.15) is 47.0 Å². The molecule has 0 bridgehead atoms. The second-order valence-corrected chi connectivity index (χ2v) is 7.67. The number of carbonyl (C=O) groups excluding carboxylic acids is 1. The van der Waals surface area contributed by atoms with Crippen LogP contribution in [0.15, 0.2) is 24.3 Å². The molecule has 24 heavy (non-hydrogen) atoms. The van der Waals surface area contributed by atoms with E-state index in [-0.39, 0.29) is 23.7 Å². The SMILES string of the molecule is CCC1(CO)CCN(C(=O)Nc2ccc(OC(C)(C)C)cc2)CC1. The smallest absolute Gasteiger partial charge is 0.321 e. The van der Waals surface area contributed by atoms with Gasteiger partial charge >= 0.3 is 6.03 Å². The van der Waals surface area contributed by atoms with Crippen molar-refractivity contribution in [2.24, 2.45) is 5.41 Å². The van der Waals surface area contributed by atoms with Crippen LogP contribution in [0, 0.1) is 5.41 Å². The van der Waals surface area contributed by atoms with Crippen LogP contribution in [0.2, 0.25) is 0 Å². The van der Waals surface area contributed by atoms with Gasteiger partial charge in [-0.05, 0) is 69.7 Å². The molecule has 1 aromatic carbocycles. The lowest BCUT2D eigenvalue weighted by atomic mass is 9.77. The van der Waals surface area contributed by atoms with E-state index >= 15 is 0 Å². The number of carbonyl (C=O) groups is 1. The molecule has 0 aromatic heterocycles. The normalized spacial score (nSPS) is 17.5. The topological polar surface area (TPSA) is 61.8 Å². The van der Waals surface area contributed by atoms with E-state index in [1.807, 2.05) is 49.9 Å². The van der Waals surface area contributed by atoms with Crippen LogP contribution in [0.3, 0.4) is 0 Å². The third-order valence-corrected chi connectivity index (χ3v) is 4.73. The molecular weight excluding hydrogens is 304 g/mol. The average Bonchev–Trinajstić information content (AvgIpc) is 2.55. The van der Waals surface area contributed by atoms with Crippen molar-refractivity contribution in [1.29, 1.82) is 0 Å². The monoisotopic (exact) mass is 334 g/mol. The highest BCUT2D eigenvalue weighted by Crippen LogP contribution is 2.34. The van der Waals surface area contributed by atoms with Crippen molar-refractivity contribution < 1.29 is 14.6 Å². The summed E-state index contributed by atoms with van der Waals surface area (Å²) in [5, 5.41) is 12.5. The number of aliphatic hydroxyl groups is 1. The standard InChI is InChI=1S/C19H30N2O3/c1-5-19(14-22)10-12-21(13-11-19)17(23)20-15-6-8-16(9-7-15)24-18(2,3)4/h6-9,22H,5,10-14H2,1-4H3,(H,20,23). The molecule has 0 radical (unpaired) electrons. The van der Waals surface area contributed by atoms with Gasteiger partial charge in [0.2, 0.25) is 0 Å². The van der Waals surface area contributed by atoms with Gasteiger partial charge in [-0.25, -0.2) is 4.79 Å². The van der Waals surface area contributed by atoms with E-state index in [1.54, 1.807) is 0 Å². The molecule has 1 heterocycles. The Morgan fingerprint density at radius 3 is 2.29 bits per heavy atom. The second-order valence-electron chi connectivity index (χ2n) is 7.67. The fraction of sp³-hybridized carbons (Fsp3) is 0.632. The van der Waals surface area contributed by atoms with Crippen LogP contribution in [0.5, 0.6) is 5.75 Å². The van der Waals surface area contributed by atoms with Crippen molar-refractivity contribution in [3.63, 3.8) is 0 Å². The molecule has 1 aliphatic heterocycles. The lowest BCUT2D eigenvalue weighted by molar-refractivity contribution is 0.0542. The zero-order chi connectivity index (χ0) is 17.8. The van der Waals surface area contributed by atoms with Gasteiger partial charge < -0.3 is 20.1 Å². The zero-order valence-corrected chi connectivity index (χ0v) is 15.3. The van der Waals surface area contributed by atoms with Crippen LogP contribution >= 0.6 is 0 Å².